The van der Waals surface area contributed by atoms with Crippen molar-refractivity contribution in [1.29, 1.82) is 0 Å². The highest BCUT2D eigenvalue weighted by molar-refractivity contribution is 5.96. The van der Waals surface area contributed by atoms with Gasteiger partial charge in [0.05, 0.1) is 18.3 Å². The van der Waals surface area contributed by atoms with Crippen LogP contribution in [0.2, 0.25) is 0 Å². The predicted octanol–water partition coefficient (Wildman–Crippen LogP) is 10.1. The second kappa shape index (κ2) is 16.8. The van der Waals surface area contributed by atoms with Gasteiger partial charge in [-0.1, -0.05) is 108 Å². The Morgan fingerprint density at radius 2 is 1.23 bits per heavy atom. The zero-order chi connectivity index (χ0) is 27.9. The van der Waals surface area contributed by atoms with Crippen molar-refractivity contribution in [3.05, 3.63) is 77.9 Å². The Morgan fingerprint density at radius 3 is 1.87 bits per heavy atom. The van der Waals surface area contributed by atoms with Gasteiger partial charge in [-0.15, -0.1) is 0 Å². The molecule has 1 N–H and O–H groups in total. The van der Waals surface area contributed by atoms with E-state index >= 15 is 0 Å². The molecule has 0 saturated carbocycles. The monoisotopic (exact) mass is 530 g/mol. The van der Waals surface area contributed by atoms with Gasteiger partial charge < -0.3 is 14.6 Å². The van der Waals surface area contributed by atoms with E-state index in [0.29, 0.717) is 11.1 Å². The number of benzene rings is 3. The second-order valence-corrected chi connectivity index (χ2v) is 10.4. The summed E-state index contributed by atoms with van der Waals surface area (Å²) in [5, 5.41) is 9.82. The molecule has 39 heavy (non-hydrogen) atoms. The highest BCUT2D eigenvalue weighted by Crippen LogP contribution is 2.31. The molecule has 1 atom stereocenters. The number of carbonyl (C=O) groups is 1. The number of hydrogen-bond acceptors (Lipinski definition) is 3. The van der Waals surface area contributed by atoms with Gasteiger partial charge in [0.25, 0.3) is 0 Å². The normalized spacial score (nSPS) is 11.9. The molecule has 0 aliphatic carbocycles. The number of unbranched alkanes of at least 4 members (excludes halogenated alkanes) is 8. The standard InChI is InChI=1S/C35H46O4/c1-4-6-8-10-11-13-25-39-32-21-18-29(19-22-32)28-14-16-30(17-15-28)34-26-31(20-23-33(34)35(36)37)27(3)38-24-12-9-7-5-2/h14-23,26-27H,4-13,24-25H2,1-3H3,(H,36,37). The maximum Gasteiger partial charge on any atom is 0.336 e. The summed E-state index contributed by atoms with van der Waals surface area (Å²) in [4.78, 5) is 12.0. The highest BCUT2D eigenvalue weighted by Gasteiger charge is 2.15. The molecule has 4 nitrogen and oxygen atoms in total. The Labute approximate surface area is 235 Å². The number of aromatic carboxylic acids is 1. The van der Waals surface area contributed by atoms with Gasteiger partial charge >= 0.3 is 5.97 Å². The van der Waals surface area contributed by atoms with Crippen molar-refractivity contribution in [2.45, 2.75) is 91.1 Å². The topological polar surface area (TPSA) is 55.8 Å². The van der Waals surface area contributed by atoms with Crippen molar-refractivity contribution in [1.82, 2.24) is 0 Å². The molecular formula is C35H46O4. The maximum atomic E-state index is 12.0. The minimum absolute atomic E-state index is 0.0886. The van der Waals surface area contributed by atoms with Gasteiger partial charge in [-0.2, -0.15) is 0 Å². The van der Waals surface area contributed by atoms with Gasteiger partial charge in [0.15, 0.2) is 0 Å². The largest absolute Gasteiger partial charge is 0.494 e. The first-order valence-corrected chi connectivity index (χ1v) is 14.9. The minimum Gasteiger partial charge on any atom is -0.494 e. The molecule has 4 heteroatoms. The fourth-order valence-corrected chi connectivity index (χ4v) is 4.78. The molecule has 3 aromatic carbocycles. The fourth-order valence-electron chi connectivity index (χ4n) is 4.78. The van der Waals surface area contributed by atoms with E-state index in [1.807, 2.05) is 55.5 Å². The number of hydrogen-bond donors (Lipinski definition) is 1. The predicted molar refractivity (Wildman–Crippen MR) is 162 cm³/mol. The average molecular weight is 531 g/mol. The van der Waals surface area contributed by atoms with E-state index < -0.39 is 5.97 Å². The molecule has 0 heterocycles. The molecule has 0 aliphatic rings. The van der Waals surface area contributed by atoms with Crippen molar-refractivity contribution < 1.29 is 19.4 Å². The van der Waals surface area contributed by atoms with E-state index in [0.717, 1.165) is 54.1 Å². The summed E-state index contributed by atoms with van der Waals surface area (Å²) in [6.07, 6.45) is 12.1. The first kappa shape index (κ1) is 30.4. The van der Waals surface area contributed by atoms with Crippen LogP contribution in [0, 0.1) is 0 Å². The van der Waals surface area contributed by atoms with Gasteiger partial charge in [0, 0.05) is 6.61 Å². The molecular weight excluding hydrogens is 484 g/mol. The third-order valence-corrected chi connectivity index (χ3v) is 7.26. The summed E-state index contributed by atoms with van der Waals surface area (Å²) in [7, 11) is 0. The lowest BCUT2D eigenvalue weighted by Crippen LogP contribution is -2.05. The number of carboxylic acids is 1. The highest BCUT2D eigenvalue weighted by atomic mass is 16.5. The zero-order valence-electron chi connectivity index (χ0n) is 24.1. The molecule has 0 aromatic heterocycles. The van der Waals surface area contributed by atoms with Crippen LogP contribution in [0.25, 0.3) is 22.3 Å². The van der Waals surface area contributed by atoms with Crippen LogP contribution in [0.5, 0.6) is 5.75 Å². The molecule has 0 spiro atoms. The fraction of sp³-hybridized carbons (Fsp3) is 0.457. The first-order valence-electron chi connectivity index (χ1n) is 14.9. The van der Waals surface area contributed by atoms with E-state index in [-0.39, 0.29) is 6.10 Å². The Kier molecular flexibility index (Phi) is 13.1. The lowest BCUT2D eigenvalue weighted by molar-refractivity contribution is 0.0626. The third kappa shape index (κ3) is 9.85. The van der Waals surface area contributed by atoms with Crippen molar-refractivity contribution in [3.8, 4) is 28.0 Å². The van der Waals surface area contributed by atoms with Crippen LogP contribution < -0.4 is 4.74 Å². The van der Waals surface area contributed by atoms with Crippen LogP contribution in [-0.4, -0.2) is 24.3 Å². The maximum absolute atomic E-state index is 12.0. The summed E-state index contributed by atoms with van der Waals surface area (Å²) in [5.41, 5.74) is 5.07. The molecule has 0 aliphatic heterocycles. The molecule has 0 bridgehead atoms. The molecule has 3 aromatic rings. The van der Waals surface area contributed by atoms with Crippen LogP contribution in [0.15, 0.2) is 66.7 Å². The van der Waals surface area contributed by atoms with Gasteiger partial charge in [-0.05, 0) is 71.8 Å². The van der Waals surface area contributed by atoms with Crippen LogP contribution in [0.1, 0.15) is 107 Å². The summed E-state index contributed by atoms with van der Waals surface area (Å²) in [5.74, 6) is -0.0288. The van der Waals surface area contributed by atoms with Crippen molar-refractivity contribution in [2.75, 3.05) is 13.2 Å². The van der Waals surface area contributed by atoms with Gasteiger partial charge in [0.2, 0.25) is 0 Å². The lowest BCUT2D eigenvalue weighted by Gasteiger charge is -2.16. The Hall–Kier alpha value is -3.11. The van der Waals surface area contributed by atoms with Crippen LogP contribution in [0.3, 0.4) is 0 Å². The number of carboxylic acid groups (broad SMARTS) is 1. The van der Waals surface area contributed by atoms with E-state index in [2.05, 4.69) is 26.0 Å². The summed E-state index contributed by atoms with van der Waals surface area (Å²) in [6, 6.07) is 21.8. The third-order valence-electron chi connectivity index (χ3n) is 7.26. The van der Waals surface area contributed by atoms with Gasteiger partial charge in [-0.25, -0.2) is 4.79 Å². The molecule has 1 unspecified atom stereocenters. The Morgan fingerprint density at radius 1 is 0.692 bits per heavy atom. The summed E-state index contributed by atoms with van der Waals surface area (Å²) in [6.45, 7) is 7.94. The minimum atomic E-state index is -0.926. The second-order valence-electron chi connectivity index (χ2n) is 10.4. The number of rotatable bonds is 18. The van der Waals surface area contributed by atoms with E-state index in [9.17, 15) is 9.90 Å². The molecule has 0 amide bonds. The summed E-state index contributed by atoms with van der Waals surface area (Å²) >= 11 is 0. The number of ether oxygens (including phenoxy) is 2. The lowest BCUT2D eigenvalue weighted by atomic mass is 9.94. The molecule has 210 valence electrons. The Balaban J connectivity index is 1.63. The smallest absolute Gasteiger partial charge is 0.336 e. The van der Waals surface area contributed by atoms with Crippen molar-refractivity contribution >= 4 is 5.97 Å². The van der Waals surface area contributed by atoms with Gasteiger partial charge in [-0.3, -0.25) is 0 Å². The van der Waals surface area contributed by atoms with Crippen LogP contribution in [0.4, 0.5) is 0 Å². The van der Waals surface area contributed by atoms with E-state index in [1.165, 1.54) is 51.4 Å². The van der Waals surface area contributed by atoms with E-state index in [1.54, 1.807) is 6.07 Å². The Bertz CT molecular complexity index is 1120. The molecule has 0 saturated heterocycles. The SMILES string of the molecule is CCCCCCCCOc1ccc(-c2ccc(-c3cc(C(C)OCCCCCC)ccc3C(=O)O)cc2)cc1. The van der Waals surface area contributed by atoms with E-state index in [4.69, 9.17) is 9.47 Å². The first-order chi connectivity index (χ1) is 19.0. The average Bonchev–Trinajstić information content (AvgIpc) is 2.96. The van der Waals surface area contributed by atoms with Gasteiger partial charge in [0.1, 0.15) is 5.75 Å². The molecule has 0 fully saturated rings. The van der Waals surface area contributed by atoms with Crippen LogP contribution in [-0.2, 0) is 4.74 Å². The quantitative estimate of drug-likeness (QED) is 0.166. The molecule has 0 radical (unpaired) electrons. The summed E-state index contributed by atoms with van der Waals surface area (Å²) < 4.78 is 12.0. The van der Waals surface area contributed by atoms with Crippen LogP contribution >= 0.6 is 0 Å². The zero-order valence-corrected chi connectivity index (χ0v) is 24.1. The van der Waals surface area contributed by atoms with Crippen molar-refractivity contribution in [3.63, 3.8) is 0 Å². The molecule has 3 rings (SSSR count). The van der Waals surface area contributed by atoms with Crippen molar-refractivity contribution in [2.24, 2.45) is 0 Å².